The third kappa shape index (κ3) is 5.21. The molecule has 0 saturated carbocycles. The summed E-state index contributed by atoms with van der Waals surface area (Å²) in [6.07, 6.45) is -3.15. The van der Waals surface area contributed by atoms with Crippen molar-refractivity contribution in [1.29, 1.82) is 0 Å². The largest absolute Gasteiger partial charge is 0.416 e. The molecule has 0 saturated heterocycles. The van der Waals surface area contributed by atoms with Gasteiger partial charge in [0, 0.05) is 20.0 Å². The molecule has 0 unspecified atom stereocenters. The maximum atomic E-state index is 12.4. The van der Waals surface area contributed by atoms with Gasteiger partial charge in [-0.05, 0) is 37.7 Å². The van der Waals surface area contributed by atoms with E-state index in [1.54, 1.807) is 7.05 Å². The first-order valence-electron chi connectivity index (χ1n) is 6.39. The smallest absolute Gasteiger partial charge is 0.341 e. The van der Waals surface area contributed by atoms with Gasteiger partial charge in [0.05, 0.1) is 5.56 Å². The lowest BCUT2D eigenvalue weighted by molar-refractivity contribution is -0.137. The Morgan fingerprint density at radius 1 is 1.25 bits per heavy atom. The summed E-state index contributed by atoms with van der Waals surface area (Å²) in [6, 6.07) is 4.88. The fourth-order valence-corrected chi connectivity index (χ4v) is 1.77. The lowest BCUT2D eigenvalue weighted by Crippen LogP contribution is -2.26. The number of rotatable bonds is 6. The number of amides is 1. The molecule has 0 fully saturated rings. The lowest BCUT2D eigenvalue weighted by Gasteiger charge is -2.17. The fraction of sp³-hybridized carbons (Fsp3) is 0.500. The maximum absolute atomic E-state index is 12.4. The maximum Gasteiger partial charge on any atom is 0.416 e. The molecular weight excluding hydrogens is 269 g/mol. The molecule has 0 radical (unpaired) electrons. The molecule has 6 heteroatoms. The normalized spacial score (nSPS) is 11.4. The van der Waals surface area contributed by atoms with Crippen LogP contribution in [0.3, 0.4) is 0 Å². The van der Waals surface area contributed by atoms with E-state index < -0.39 is 11.7 Å². The fourth-order valence-electron chi connectivity index (χ4n) is 1.77. The second kappa shape index (κ2) is 7.28. The molecule has 3 nitrogen and oxygen atoms in total. The van der Waals surface area contributed by atoms with Gasteiger partial charge in [0.25, 0.3) is 0 Å². The average molecular weight is 288 g/mol. The first-order valence-corrected chi connectivity index (χ1v) is 6.39. The zero-order valence-corrected chi connectivity index (χ0v) is 11.6. The third-order valence-corrected chi connectivity index (χ3v) is 2.94. The molecular formula is C14H19F3N2O. The summed E-state index contributed by atoms with van der Waals surface area (Å²) in [5.74, 6) is -0.0138. The number of carbonyl (C=O) groups is 1. The Morgan fingerprint density at radius 3 is 2.35 bits per heavy atom. The molecule has 1 amide bonds. The molecule has 112 valence electrons. The molecule has 0 spiro atoms. The van der Waals surface area contributed by atoms with E-state index in [2.05, 4.69) is 5.32 Å². The van der Waals surface area contributed by atoms with Crippen LogP contribution in [0.2, 0.25) is 0 Å². The number of halogens is 3. The van der Waals surface area contributed by atoms with Crippen molar-refractivity contribution in [2.75, 3.05) is 20.6 Å². The summed E-state index contributed by atoms with van der Waals surface area (Å²) in [5, 5.41) is 2.95. The van der Waals surface area contributed by atoms with Crippen molar-refractivity contribution in [2.45, 2.75) is 25.6 Å². The van der Waals surface area contributed by atoms with Crippen LogP contribution in [-0.4, -0.2) is 31.4 Å². The minimum Gasteiger partial charge on any atom is -0.341 e. The zero-order chi connectivity index (χ0) is 15.2. The van der Waals surface area contributed by atoms with Crippen LogP contribution in [0.25, 0.3) is 0 Å². The van der Waals surface area contributed by atoms with Crippen molar-refractivity contribution in [2.24, 2.45) is 0 Å². The average Bonchev–Trinajstić information content (AvgIpc) is 2.38. The van der Waals surface area contributed by atoms with Gasteiger partial charge in [-0.2, -0.15) is 13.2 Å². The van der Waals surface area contributed by atoms with E-state index in [1.165, 1.54) is 17.0 Å². The molecule has 0 aliphatic carbocycles. The van der Waals surface area contributed by atoms with Crippen LogP contribution < -0.4 is 5.32 Å². The summed E-state index contributed by atoms with van der Waals surface area (Å²) >= 11 is 0. The Morgan fingerprint density at radius 2 is 1.85 bits per heavy atom. The molecule has 20 heavy (non-hydrogen) atoms. The molecule has 1 rings (SSSR count). The van der Waals surface area contributed by atoms with E-state index in [1.807, 2.05) is 7.05 Å². The summed E-state index contributed by atoms with van der Waals surface area (Å²) in [4.78, 5) is 13.3. The van der Waals surface area contributed by atoms with E-state index in [-0.39, 0.29) is 5.91 Å². The van der Waals surface area contributed by atoms with Crippen molar-refractivity contribution < 1.29 is 18.0 Å². The Labute approximate surface area is 116 Å². The molecule has 0 bridgehead atoms. The third-order valence-electron chi connectivity index (χ3n) is 2.94. The number of nitrogens with zero attached hydrogens (tertiary/aromatic N) is 1. The van der Waals surface area contributed by atoms with Crippen molar-refractivity contribution in [1.82, 2.24) is 10.2 Å². The Balaban J connectivity index is 2.53. The van der Waals surface area contributed by atoms with Gasteiger partial charge in [0.1, 0.15) is 0 Å². The van der Waals surface area contributed by atoms with Crippen molar-refractivity contribution in [3.8, 4) is 0 Å². The van der Waals surface area contributed by atoms with Crippen LogP contribution in [0.4, 0.5) is 13.2 Å². The van der Waals surface area contributed by atoms with Gasteiger partial charge in [0.15, 0.2) is 0 Å². The van der Waals surface area contributed by atoms with Gasteiger partial charge < -0.3 is 10.2 Å². The number of carbonyl (C=O) groups excluding carboxylic acids is 1. The Kier molecular flexibility index (Phi) is 6.01. The van der Waals surface area contributed by atoms with E-state index in [9.17, 15) is 18.0 Å². The highest BCUT2D eigenvalue weighted by atomic mass is 19.4. The molecule has 1 aromatic rings. The first kappa shape index (κ1) is 16.5. The summed E-state index contributed by atoms with van der Waals surface area (Å²) < 4.78 is 37.2. The van der Waals surface area contributed by atoms with Gasteiger partial charge in [0.2, 0.25) is 5.91 Å². The van der Waals surface area contributed by atoms with E-state index in [0.717, 1.165) is 25.1 Å². The topological polar surface area (TPSA) is 32.3 Å². The molecule has 0 aromatic heterocycles. The monoisotopic (exact) mass is 288 g/mol. The molecule has 0 heterocycles. The standard InChI is InChI=1S/C14H19F3N2O/c1-18-9-3-4-13(20)19(2)10-11-5-7-12(8-6-11)14(15,16)17/h5-8,18H,3-4,9-10H2,1-2H3. The Hall–Kier alpha value is -1.56. The number of alkyl halides is 3. The minimum absolute atomic E-state index is 0.0138. The lowest BCUT2D eigenvalue weighted by atomic mass is 10.1. The number of hydrogen-bond acceptors (Lipinski definition) is 2. The predicted octanol–water partition coefficient (Wildman–Crippen LogP) is 2.66. The first-order chi connectivity index (χ1) is 9.34. The SMILES string of the molecule is CNCCCC(=O)N(C)Cc1ccc(C(F)(F)F)cc1. The van der Waals surface area contributed by atoms with Crippen LogP contribution in [0.15, 0.2) is 24.3 Å². The quantitative estimate of drug-likeness (QED) is 0.816. The van der Waals surface area contributed by atoms with Crippen LogP contribution in [-0.2, 0) is 17.5 Å². The number of nitrogens with one attached hydrogen (secondary N) is 1. The minimum atomic E-state index is -4.33. The van der Waals surface area contributed by atoms with E-state index in [0.29, 0.717) is 18.5 Å². The highest BCUT2D eigenvalue weighted by molar-refractivity contribution is 5.75. The Bertz CT molecular complexity index is 429. The summed E-state index contributed by atoms with van der Waals surface area (Å²) in [5.41, 5.74) is 0.00622. The van der Waals surface area contributed by atoms with Crippen LogP contribution in [0.5, 0.6) is 0 Å². The van der Waals surface area contributed by atoms with Crippen molar-refractivity contribution in [3.63, 3.8) is 0 Å². The van der Waals surface area contributed by atoms with E-state index in [4.69, 9.17) is 0 Å². The van der Waals surface area contributed by atoms with Gasteiger partial charge in [-0.3, -0.25) is 4.79 Å². The van der Waals surface area contributed by atoms with E-state index >= 15 is 0 Å². The van der Waals surface area contributed by atoms with Gasteiger partial charge in [-0.1, -0.05) is 12.1 Å². The number of hydrogen-bond donors (Lipinski definition) is 1. The summed E-state index contributed by atoms with van der Waals surface area (Å²) in [7, 11) is 3.47. The van der Waals surface area contributed by atoms with Gasteiger partial charge >= 0.3 is 6.18 Å². The zero-order valence-electron chi connectivity index (χ0n) is 11.6. The molecule has 1 N–H and O–H groups in total. The molecule has 0 aliphatic rings. The highest BCUT2D eigenvalue weighted by Crippen LogP contribution is 2.29. The van der Waals surface area contributed by atoms with Gasteiger partial charge in [-0.25, -0.2) is 0 Å². The van der Waals surface area contributed by atoms with Crippen molar-refractivity contribution in [3.05, 3.63) is 35.4 Å². The van der Waals surface area contributed by atoms with Crippen molar-refractivity contribution >= 4 is 5.91 Å². The molecule has 1 aromatic carbocycles. The number of benzene rings is 1. The second-order valence-corrected chi connectivity index (χ2v) is 4.65. The molecule has 0 atom stereocenters. The summed E-state index contributed by atoms with van der Waals surface area (Å²) in [6.45, 7) is 1.08. The second-order valence-electron chi connectivity index (χ2n) is 4.65. The van der Waals surface area contributed by atoms with Gasteiger partial charge in [-0.15, -0.1) is 0 Å². The predicted molar refractivity (Wildman–Crippen MR) is 71.1 cm³/mol. The molecule has 0 aliphatic heterocycles. The van der Waals surface area contributed by atoms with Crippen LogP contribution in [0.1, 0.15) is 24.0 Å². The van der Waals surface area contributed by atoms with Crippen LogP contribution in [0, 0.1) is 0 Å². The van der Waals surface area contributed by atoms with Crippen LogP contribution >= 0.6 is 0 Å². The highest BCUT2D eigenvalue weighted by Gasteiger charge is 2.29.